The summed E-state index contributed by atoms with van der Waals surface area (Å²) in [6, 6.07) is 0. The summed E-state index contributed by atoms with van der Waals surface area (Å²) in [4.78, 5) is 3.04. The van der Waals surface area contributed by atoms with Gasteiger partial charge in [-0.15, -0.1) is 0 Å². The fourth-order valence-electron chi connectivity index (χ4n) is 0.411. The smallest absolute Gasteiger partial charge is 0.295 e. The van der Waals surface area contributed by atoms with Crippen LogP contribution in [0.2, 0.25) is 0 Å². The molecule has 1 N–H and O–H groups in total. The zero-order chi connectivity index (χ0) is 11.4. The van der Waals surface area contributed by atoms with Crippen molar-refractivity contribution in [1.82, 2.24) is 4.72 Å². The average Bonchev–Trinajstić information content (AvgIpc) is 1.93. The summed E-state index contributed by atoms with van der Waals surface area (Å²) >= 11 is 0. The van der Waals surface area contributed by atoms with Crippen molar-refractivity contribution >= 4 is 17.3 Å². The van der Waals surface area contributed by atoms with Gasteiger partial charge in [0.2, 0.25) is 0 Å². The van der Waals surface area contributed by atoms with Crippen LogP contribution in [-0.4, -0.2) is 28.0 Å². The van der Waals surface area contributed by atoms with Crippen LogP contribution in [0.25, 0.3) is 0 Å². The van der Waals surface area contributed by atoms with E-state index in [1.165, 1.54) is 0 Å². The van der Waals surface area contributed by atoms with Gasteiger partial charge in [-0.2, -0.15) is 13.2 Å². The first-order valence-corrected chi connectivity index (χ1v) is 5.01. The molecule has 0 saturated carbocycles. The summed E-state index contributed by atoms with van der Waals surface area (Å²) < 4.78 is 47.8. The highest BCUT2D eigenvalue weighted by atomic mass is 32.2. The number of aliphatic imine (C=N–C) groups is 1. The van der Waals surface area contributed by atoms with Gasteiger partial charge in [-0.3, -0.25) is 9.71 Å². The highest BCUT2D eigenvalue weighted by molar-refractivity contribution is 7.84. The fourth-order valence-corrected chi connectivity index (χ4v) is 0.935. The molecule has 14 heavy (non-hydrogen) atoms. The highest BCUT2D eigenvalue weighted by Crippen LogP contribution is 2.13. The van der Waals surface area contributed by atoms with E-state index in [1.807, 2.05) is 0 Å². The second kappa shape index (κ2) is 4.77. The van der Waals surface area contributed by atoms with Gasteiger partial charge < -0.3 is 0 Å². The van der Waals surface area contributed by atoms with Crippen LogP contribution in [-0.2, 0) is 11.0 Å². The first-order valence-electron chi connectivity index (χ1n) is 3.86. The molecule has 0 rings (SSSR count). The van der Waals surface area contributed by atoms with Crippen molar-refractivity contribution in [3.05, 3.63) is 0 Å². The molecule has 84 valence electrons. The van der Waals surface area contributed by atoms with E-state index in [9.17, 15) is 17.4 Å². The second-order valence-electron chi connectivity index (χ2n) is 3.58. The molecule has 0 bridgehead atoms. The lowest BCUT2D eigenvalue weighted by Crippen LogP contribution is -2.32. The van der Waals surface area contributed by atoms with Gasteiger partial charge in [-0.1, -0.05) is 0 Å². The SMILES string of the molecule is CC(C)(C)[S@@](=O)NC=NCC(F)(F)F. The van der Waals surface area contributed by atoms with Gasteiger partial charge in [-0.25, -0.2) is 4.21 Å². The predicted octanol–water partition coefficient (Wildman–Crippen LogP) is 1.63. The van der Waals surface area contributed by atoms with Crippen LogP contribution in [0.1, 0.15) is 20.8 Å². The normalized spacial score (nSPS) is 15.9. The topological polar surface area (TPSA) is 41.5 Å². The molecule has 0 fully saturated rings. The van der Waals surface area contributed by atoms with Gasteiger partial charge in [0.25, 0.3) is 0 Å². The summed E-state index contributed by atoms with van der Waals surface area (Å²) in [5.74, 6) is 0. The summed E-state index contributed by atoms with van der Waals surface area (Å²) in [6.07, 6.45) is -3.49. The Morgan fingerprint density at radius 1 is 1.36 bits per heavy atom. The van der Waals surface area contributed by atoms with E-state index in [0.717, 1.165) is 6.34 Å². The van der Waals surface area contributed by atoms with E-state index in [0.29, 0.717) is 0 Å². The van der Waals surface area contributed by atoms with Crippen LogP contribution < -0.4 is 4.72 Å². The number of nitrogens with one attached hydrogen (secondary N) is 1. The molecule has 0 aromatic heterocycles. The van der Waals surface area contributed by atoms with Gasteiger partial charge >= 0.3 is 6.18 Å². The second-order valence-corrected chi connectivity index (χ2v) is 5.58. The lowest BCUT2D eigenvalue weighted by molar-refractivity contribution is -0.118. The minimum atomic E-state index is -4.32. The Bertz CT molecular complexity index is 232. The number of hydrogen-bond acceptors (Lipinski definition) is 2. The Morgan fingerprint density at radius 2 is 1.86 bits per heavy atom. The Hall–Kier alpha value is -0.590. The van der Waals surface area contributed by atoms with Crippen LogP contribution in [0.5, 0.6) is 0 Å². The van der Waals surface area contributed by atoms with Gasteiger partial charge in [0, 0.05) is 0 Å². The molecular formula is C7H13F3N2OS. The molecule has 0 spiro atoms. The van der Waals surface area contributed by atoms with E-state index >= 15 is 0 Å². The van der Waals surface area contributed by atoms with Crippen molar-refractivity contribution in [2.45, 2.75) is 31.7 Å². The fraction of sp³-hybridized carbons (Fsp3) is 0.857. The molecule has 1 atom stereocenters. The van der Waals surface area contributed by atoms with E-state index in [1.54, 1.807) is 20.8 Å². The molecule has 0 aliphatic heterocycles. The van der Waals surface area contributed by atoms with Crippen LogP contribution in [0, 0.1) is 0 Å². The first-order chi connectivity index (χ1) is 6.13. The maximum Gasteiger partial charge on any atom is 0.408 e. The van der Waals surface area contributed by atoms with Gasteiger partial charge in [0.15, 0.2) is 0 Å². The third kappa shape index (κ3) is 6.88. The van der Waals surface area contributed by atoms with Crippen molar-refractivity contribution in [3.63, 3.8) is 0 Å². The third-order valence-electron chi connectivity index (χ3n) is 1.08. The molecule has 0 aliphatic carbocycles. The highest BCUT2D eigenvalue weighted by Gasteiger charge is 2.26. The maximum absolute atomic E-state index is 11.6. The van der Waals surface area contributed by atoms with Crippen LogP contribution in [0.4, 0.5) is 13.2 Å². The Labute approximate surface area is 83.4 Å². The molecule has 3 nitrogen and oxygen atoms in total. The average molecular weight is 230 g/mol. The van der Waals surface area contributed by atoms with Crippen LogP contribution in [0.15, 0.2) is 4.99 Å². The van der Waals surface area contributed by atoms with Crippen molar-refractivity contribution < 1.29 is 17.4 Å². The summed E-state index contributed by atoms with van der Waals surface area (Å²) in [7, 11) is -1.43. The molecule has 0 radical (unpaired) electrons. The number of rotatable bonds is 3. The van der Waals surface area contributed by atoms with Crippen molar-refractivity contribution in [2.24, 2.45) is 4.99 Å². The predicted molar refractivity (Wildman–Crippen MR) is 50.4 cm³/mol. The largest absolute Gasteiger partial charge is 0.408 e. The number of hydrogen-bond donors (Lipinski definition) is 1. The van der Waals surface area contributed by atoms with Gasteiger partial charge in [0.05, 0.1) is 11.1 Å². The molecule has 0 saturated heterocycles. The van der Waals surface area contributed by atoms with Crippen LogP contribution >= 0.6 is 0 Å². The maximum atomic E-state index is 11.6. The van der Waals surface area contributed by atoms with Crippen molar-refractivity contribution in [1.29, 1.82) is 0 Å². The number of halogens is 3. The minimum absolute atomic E-state index is 0.524. The molecule has 0 heterocycles. The van der Waals surface area contributed by atoms with E-state index in [4.69, 9.17) is 0 Å². The third-order valence-corrected chi connectivity index (χ3v) is 2.51. The minimum Gasteiger partial charge on any atom is -0.295 e. The monoisotopic (exact) mass is 230 g/mol. The number of nitrogens with zero attached hydrogens (tertiary/aromatic N) is 1. The Kier molecular flexibility index (Phi) is 4.57. The zero-order valence-corrected chi connectivity index (χ0v) is 9.00. The molecule has 7 heteroatoms. The van der Waals surface area contributed by atoms with Crippen LogP contribution in [0.3, 0.4) is 0 Å². The van der Waals surface area contributed by atoms with E-state index < -0.39 is 28.5 Å². The molecule has 0 amide bonds. The van der Waals surface area contributed by atoms with Crippen molar-refractivity contribution in [3.8, 4) is 0 Å². The first kappa shape index (κ1) is 13.4. The standard InChI is InChI=1S/C7H13F3N2OS/c1-6(2,3)14(13)12-5-11-4-7(8,9)10/h5H,4H2,1-3H3,(H,11,12)/t14-/m1/s1. The Balaban J connectivity index is 3.91. The lowest BCUT2D eigenvalue weighted by Gasteiger charge is -2.16. The number of alkyl halides is 3. The summed E-state index contributed by atoms with van der Waals surface area (Å²) in [5, 5.41) is 0. The summed E-state index contributed by atoms with van der Waals surface area (Å²) in [6.45, 7) is 3.84. The van der Waals surface area contributed by atoms with E-state index in [-0.39, 0.29) is 0 Å². The van der Waals surface area contributed by atoms with E-state index in [2.05, 4.69) is 9.71 Å². The molecule has 0 aromatic carbocycles. The quantitative estimate of drug-likeness (QED) is 0.581. The van der Waals surface area contributed by atoms with Gasteiger partial charge in [0.1, 0.15) is 17.5 Å². The van der Waals surface area contributed by atoms with Gasteiger partial charge in [-0.05, 0) is 20.8 Å². The lowest BCUT2D eigenvalue weighted by atomic mass is 10.3. The Morgan fingerprint density at radius 3 is 2.21 bits per heavy atom. The molecule has 0 aliphatic rings. The molecule has 0 unspecified atom stereocenters. The zero-order valence-electron chi connectivity index (χ0n) is 8.18. The summed E-state index contributed by atoms with van der Waals surface area (Å²) in [5.41, 5.74) is 0. The molecular weight excluding hydrogens is 217 g/mol. The van der Waals surface area contributed by atoms with Crippen molar-refractivity contribution in [2.75, 3.05) is 6.54 Å². The molecule has 0 aromatic rings.